The van der Waals surface area contributed by atoms with Crippen LogP contribution in [0.25, 0.3) is 0 Å². The van der Waals surface area contributed by atoms with Crippen LogP contribution in [-0.2, 0) is 20.9 Å². The fourth-order valence-electron chi connectivity index (χ4n) is 2.32. The first-order valence-electron chi connectivity index (χ1n) is 6.61. The van der Waals surface area contributed by atoms with Crippen LogP contribution in [0.5, 0.6) is 0 Å². The fourth-order valence-corrected chi connectivity index (χ4v) is 3.01. The van der Waals surface area contributed by atoms with E-state index in [1.807, 2.05) is 29.2 Å². The second-order valence-corrected chi connectivity index (χ2v) is 6.17. The predicted molar refractivity (Wildman–Crippen MR) is 80.8 cm³/mol. The average molecular weight is 293 g/mol. The zero-order valence-corrected chi connectivity index (χ0v) is 12.6. The van der Waals surface area contributed by atoms with Gasteiger partial charge in [0, 0.05) is 38.4 Å². The van der Waals surface area contributed by atoms with Gasteiger partial charge in [-0.3, -0.25) is 9.59 Å². The number of amides is 1. The van der Waals surface area contributed by atoms with Gasteiger partial charge in [0.05, 0.1) is 6.61 Å². The number of anilines is 1. The number of methoxy groups -OCH3 is 1. The summed E-state index contributed by atoms with van der Waals surface area (Å²) in [7, 11) is 1.66. The minimum Gasteiger partial charge on any atom is -0.380 e. The molecule has 1 saturated heterocycles. The van der Waals surface area contributed by atoms with Crippen LogP contribution in [0.2, 0.25) is 0 Å². The quantitative estimate of drug-likeness (QED) is 0.836. The Morgan fingerprint density at radius 2 is 2.10 bits per heavy atom. The Bertz CT molecular complexity index is 486. The fraction of sp³-hybridized carbons (Fsp3) is 0.467. The van der Waals surface area contributed by atoms with Gasteiger partial charge in [-0.1, -0.05) is 23.9 Å². The molecule has 1 amide bonds. The molecule has 1 aliphatic rings. The van der Waals surface area contributed by atoms with Crippen molar-refractivity contribution in [3.63, 3.8) is 0 Å². The lowest BCUT2D eigenvalue weighted by atomic mass is 10.1. The molecule has 0 saturated carbocycles. The minimum atomic E-state index is 0.111. The number of benzene rings is 1. The van der Waals surface area contributed by atoms with E-state index in [-0.39, 0.29) is 16.9 Å². The summed E-state index contributed by atoms with van der Waals surface area (Å²) in [5.41, 5.74) is 2.01. The number of ether oxygens (including phenoxy) is 1. The average Bonchev–Trinajstić information content (AvgIpc) is 2.79. The third kappa shape index (κ3) is 3.84. The van der Waals surface area contributed by atoms with Gasteiger partial charge >= 0.3 is 0 Å². The molecule has 1 aromatic carbocycles. The Morgan fingerprint density at radius 1 is 1.40 bits per heavy atom. The zero-order valence-electron chi connectivity index (χ0n) is 11.8. The van der Waals surface area contributed by atoms with Gasteiger partial charge in [0.2, 0.25) is 5.91 Å². The second-order valence-electron chi connectivity index (χ2n) is 4.98. The minimum absolute atomic E-state index is 0.111. The number of hydrogen-bond acceptors (Lipinski definition) is 4. The molecule has 20 heavy (non-hydrogen) atoms. The number of hydrogen-bond donors (Lipinski definition) is 0. The summed E-state index contributed by atoms with van der Waals surface area (Å²) in [5.74, 6) is 1.12. The normalized spacial score (nSPS) is 18.6. The summed E-state index contributed by atoms with van der Waals surface area (Å²) in [4.78, 5) is 24.8. The maximum absolute atomic E-state index is 12.0. The highest BCUT2D eigenvalue weighted by molar-refractivity contribution is 8.13. The van der Waals surface area contributed by atoms with Crippen LogP contribution >= 0.6 is 11.8 Å². The van der Waals surface area contributed by atoms with Crippen LogP contribution in [0.4, 0.5) is 5.69 Å². The molecule has 1 unspecified atom stereocenters. The van der Waals surface area contributed by atoms with Crippen molar-refractivity contribution < 1.29 is 14.3 Å². The molecule has 0 bridgehead atoms. The zero-order chi connectivity index (χ0) is 14.5. The lowest BCUT2D eigenvalue weighted by Gasteiger charge is -2.17. The molecular weight excluding hydrogens is 274 g/mol. The van der Waals surface area contributed by atoms with Crippen LogP contribution in [-0.4, -0.2) is 30.4 Å². The van der Waals surface area contributed by atoms with E-state index < -0.39 is 0 Å². The Morgan fingerprint density at radius 3 is 2.70 bits per heavy atom. The van der Waals surface area contributed by atoms with Gasteiger partial charge in [0.15, 0.2) is 5.12 Å². The largest absolute Gasteiger partial charge is 0.380 e. The van der Waals surface area contributed by atoms with Crippen LogP contribution in [0.15, 0.2) is 24.3 Å². The molecule has 4 nitrogen and oxygen atoms in total. The first kappa shape index (κ1) is 15.1. The maximum Gasteiger partial charge on any atom is 0.227 e. The molecule has 0 N–H and O–H groups in total. The van der Waals surface area contributed by atoms with E-state index in [4.69, 9.17) is 4.74 Å². The van der Waals surface area contributed by atoms with E-state index in [2.05, 4.69) is 0 Å². The van der Waals surface area contributed by atoms with Gasteiger partial charge in [-0.2, -0.15) is 0 Å². The molecule has 1 fully saturated rings. The molecule has 108 valence electrons. The van der Waals surface area contributed by atoms with Gasteiger partial charge in [-0.05, 0) is 23.6 Å². The van der Waals surface area contributed by atoms with Gasteiger partial charge < -0.3 is 9.64 Å². The molecule has 1 aliphatic heterocycles. The highest BCUT2D eigenvalue weighted by atomic mass is 32.2. The van der Waals surface area contributed by atoms with Gasteiger partial charge in [-0.25, -0.2) is 0 Å². The van der Waals surface area contributed by atoms with Crippen molar-refractivity contribution in [3.8, 4) is 0 Å². The van der Waals surface area contributed by atoms with Gasteiger partial charge in [0.25, 0.3) is 0 Å². The van der Waals surface area contributed by atoms with E-state index in [1.54, 1.807) is 14.0 Å². The second kappa shape index (κ2) is 6.90. The summed E-state index contributed by atoms with van der Waals surface area (Å²) in [5, 5.41) is 0.111. The van der Waals surface area contributed by atoms with Crippen LogP contribution in [0.1, 0.15) is 18.9 Å². The number of carbonyl (C=O) groups excluding carboxylic acids is 2. The van der Waals surface area contributed by atoms with E-state index in [1.165, 1.54) is 11.8 Å². The highest BCUT2D eigenvalue weighted by Gasteiger charge is 2.30. The van der Waals surface area contributed by atoms with E-state index in [0.717, 1.165) is 17.0 Å². The Balaban J connectivity index is 1.98. The van der Waals surface area contributed by atoms with Crippen molar-refractivity contribution in [2.75, 3.05) is 24.3 Å². The molecule has 5 heteroatoms. The topological polar surface area (TPSA) is 46.6 Å². The van der Waals surface area contributed by atoms with Crippen molar-refractivity contribution in [1.29, 1.82) is 0 Å². The van der Waals surface area contributed by atoms with Gasteiger partial charge in [-0.15, -0.1) is 0 Å². The van der Waals surface area contributed by atoms with Crippen molar-refractivity contribution in [2.24, 2.45) is 5.92 Å². The van der Waals surface area contributed by atoms with E-state index >= 15 is 0 Å². The van der Waals surface area contributed by atoms with E-state index in [0.29, 0.717) is 19.6 Å². The molecule has 2 rings (SSSR count). The monoisotopic (exact) mass is 293 g/mol. The molecule has 1 aromatic rings. The van der Waals surface area contributed by atoms with Crippen LogP contribution in [0.3, 0.4) is 0 Å². The number of rotatable bonds is 5. The number of carbonyl (C=O) groups is 2. The van der Waals surface area contributed by atoms with Crippen molar-refractivity contribution in [2.45, 2.75) is 20.0 Å². The molecule has 0 spiro atoms. The molecule has 0 radical (unpaired) electrons. The van der Waals surface area contributed by atoms with Crippen molar-refractivity contribution >= 4 is 28.5 Å². The smallest absolute Gasteiger partial charge is 0.227 e. The summed E-state index contributed by atoms with van der Waals surface area (Å²) >= 11 is 1.30. The van der Waals surface area contributed by atoms with Crippen molar-refractivity contribution in [3.05, 3.63) is 29.8 Å². The van der Waals surface area contributed by atoms with Gasteiger partial charge in [0.1, 0.15) is 0 Å². The van der Waals surface area contributed by atoms with Crippen molar-refractivity contribution in [1.82, 2.24) is 0 Å². The standard InChI is InChI=1S/C15H19NO3S/c1-11(17)20-10-13-7-15(18)16(8-13)14-5-3-12(4-6-14)9-19-2/h3-6,13H,7-10H2,1-2H3. The molecule has 0 aliphatic carbocycles. The molecule has 1 heterocycles. The summed E-state index contributed by atoms with van der Waals surface area (Å²) in [6.07, 6.45) is 0.528. The Kier molecular flexibility index (Phi) is 5.20. The third-order valence-corrected chi connectivity index (χ3v) is 4.33. The molecule has 0 aromatic heterocycles. The maximum atomic E-state index is 12.0. The Hall–Kier alpha value is -1.33. The molecular formula is C15H19NO3S. The first-order valence-corrected chi connectivity index (χ1v) is 7.60. The highest BCUT2D eigenvalue weighted by Crippen LogP contribution is 2.27. The molecule has 1 atom stereocenters. The lowest BCUT2D eigenvalue weighted by Crippen LogP contribution is -2.24. The van der Waals surface area contributed by atoms with E-state index in [9.17, 15) is 9.59 Å². The number of thioether (sulfide) groups is 1. The summed E-state index contributed by atoms with van der Waals surface area (Å²) in [6, 6.07) is 7.85. The van der Waals surface area contributed by atoms with Crippen LogP contribution in [0, 0.1) is 5.92 Å². The lowest BCUT2D eigenvalue weighted by molar-refractivity contribution is -0.117. The summed E-state index contributed by atoms with van der Waals surface area (Å²) < 4.78 is 5.07. The number of nitrogens with zero attached hydrogens (tertiary/aromatic N) is 1. The Labute approximate surface area is 123 Å². The third-order valence-electron chi connectivity index (χ3n) is 3.29. The summed E-state index contributed by atoms with van der Waals surface area (Å²) in [6.45, 7) is 2.84. The first-order chi connectivity index (χ1) is 9.60. The SMILES string of the molecule is COCc1ccc(N2CC(CSC(C)=O)CC2=O)cc1. The predicted octanol–water partition coefficient (Wildman–Crippen LogP) is 2.47. The van der Waals surface area contributed by atoms with Crippen LogP contribution < -0.4 is 4.90 Å².